The summed E-state index contributed by atoms with van der Waals surface area (Å²) in [6, 6.07) is 8.88. The molecule has 0 aliphatic carbocycles. The molecule has 1 amide bonds. The van der Waals surface area contributed by atoms with Crippen LogP contribution in [0.3, 0.4) is 0 Å². The minimum Gasteiger partial charge on any atom is -0.305 e. The van der Waals surface area contributed by atoms with E-state index < -0.39 is 0 Å². The molecule has 1 aliphatic rings. The number of hydrogen-bond acceptors (Lipinski definition) is 4. The van der Waals surface area contributed by atoms with Gasteiger partial charge in [0.25, 0.3) is 0 Å². The van der Waals surface area contributed by atoms with Crippen molar-refractivity contribution in [1.82, 2.24) is 15.2 Å². The summed E-state index contributed by atoms with van der Waals surface area (Å²) in [6.45, 7) is 3.26. The first kappa shape index (κ1) is 15.0. The SMILES string of the molecule is CN(C)C1CCN(Cc2ccc(CC(=O)NN)cc2)C1. The molecule has 1 aromatic carbocycles. The fourth-order valence-corrected chi connectivity index (χ4v) is 2.63. The number of nitrogens with zero attached hydrogens (tertiary/aromatic N) is 2. The van der Waals surface area contributed by atoms with Gasteiger partial charge in [0.1, 0.15) is 0 Å². The molecular formula is C15H24N4O. The lowest BCUT2D eigenvalue weighted by Gasteiger charge is -2.20. The summed E-state index contributed by atoms with van der Waals surface area (Å²) in [7, 11) is 4.29. The molecule has 0 aromatic heterocycles. The zero-order valence-electron chi connectivity index (χ0n) is 12.3. The maximum atomic E-state index is 11.2. The zero-order valence-corrected chi connectivity index (χ0v) is 12.3. The van der Waals surface area contributed by atoms with Crippen LogP contribution in [0.15, 0.2) is 24.3 Å². The molecule has 5 heteroatoms. The Bertz CT molecular complexity index is 444. The Morgan fingerprint density at radius 3 is 2.55 bits per heavy atom. The third-order valence-corrected chi connectivity index (χ3v) is 3.93. The van der Waals surface area contributed by atoms with E-state index in [0.29, 0.717) is 12.5 Å². The number of rotatable bonds is 5. The van der Waals surface area contributed by atoms with Crippen molar-refractivity contribution in [2.24, 2.45) is 5.84 Å². The van der Waals surface area contributed by atoms with Crippen molar-refractivity contribution in [3.8, 4) is 0 Å². The summed E-state index contributed by atoms with van der Waals surface area (Å²) < 4.78 is 0. The molecule has 0 radical (unpaired) electrons. The molecule has 1 saturated heterocycles. The van der Waals surface area contributed by atoms with Crippen LogP contribution in [0.1, 0.15) is 17.5 Å². The molecule has 20 heavy (non-hydrogen) atoms. The molecule has 0 bridgehead atoms. The molecule has 110 valence electrons. The normalized spacial score (nSPS) is 19.5. The number of carbonyl (C=O) groups is 1. The molecular weight excluding hydrogens is 252 g/mol. The Balaban J connectivity index is 1.87. The van der Waals surface area contributed by atoms with Gasteiger partial charge in [-0.1, -0.05) is 24.3 Å². The van der Waals surface area contributed by atoms with Crippen molar-refractivity contribution < 1.29 is 4.79 Å². The minimum absolute atomic E-state index is 0.161. The minimum atomic E-state index is -0.161. The molecule has 1 heterocycles. The lowest BCUT2D eigenvalue weighted by atomic mass is 10.1. The number of benzene rings is 1. The Morgan fingerprint density at radius 1 is 1.35 bits per heavy atom. The van der Waals surface area contributed by atoms with Crippen LogP contribution in [0.5, 0.6) is 0 Å². The third-order valence-electron chi connectivity index (χ3n) is 3.93. The van der Waals surface area contributed by atoms with Gasteiger partial charge in [-0.3, -0.25) is 15.1 Å². The van der Waals surface area contributed by atoms with E-state index in [4.69, 9.17) is 5.84 Å². The maximum absolute atomic E-state index is 11.2. The lowest BCUT2D eigenvalue weighted by Crippen LogP contribution is -2.31. The summed E-state index contributed by atoms with van der Waals surface area (Å²) in [5.74, 6) is 4.92. The number of amides is 1. The molecule has 0 saturated carbocycles. The fraction of sp³-hybridized carbons (Fsp3) is 0.533. The average molecular weight is 276 g/mol. The average Bonchev–Trinajstić information content (AvgIpc) is 2.89. The van der Waals surface area contributed by atoms with E-state index in [1.165, 1.54) is 12.0 Å². The molecule has 1 unspecified atom stereocenters. The van der Waals surface area contributed by atoms with Crippen molar-refractivity contribution >= 4 is 5.91 Å². The molecule has 1 aromatic rings. The summed E-state index contributed by atoms with van der Waals surface area (Å²) in [4.78, 5) is 16.0. The van der Waals surface area contributed by atoms with Crippen LogP contribution in [0.2, 0.25) is 0 Å². The van der Waals surface area contributed by atoms with E-state index in [2.05, 4.69) is 41.5 Å². The predicted octanol–water partition coefficient (Wildman–Crippen LogP) is 0.355. The highest BCUT2D eigenvalue weighted by molar-refractivity contribution is 5.77. The monoisotopic (exact) mass is 276 g/mol. The molecule has 5 nitrogen and oxygen atoms in total. The van der Waals surface area contributed by atoms with Crippen molar-refractivity contribution in [1.29, 1.82) is 0 Å². The molecule has 0 spiro atoms. The van der Waals surface area contributed by atoms with E-state index in [1.54, 1.807) is 0 Å². The summed E-state index contributed by atoms with van der Waals surface area (Å²) in [6.07, 6.45) is 1.57. The molecule has 2 rings (SSSR count). The number of nitrogens with two attached hydrogens (primary N) is 1. The van der Waals surface area contributed by atoms with Crippen LogP contribution in [-0.4, -0.2) is 48.9 Å². The van der Waals surface area contributed by atoms with Gasteiger partial charge in [0.2, 0.25) is 5.91 Å². The van der Waals surface area contributed by atoms with Crippen LogP contribution in [0.25, 0.3) is 0 Å². The Labute approximate surface area is 120 Å². The van der Waals surface area contributed by atoms with Crippen LogP contribution in [0.4, 0.5) is 0 Å². The Kier molecular flexibility index (Phi) is 5.11. The van der Waals surface area contributed by atoms with Gasteiger partial charge >= 0.3 is 0 Å². The quantitative estimate of drug-likeness (QED) is 0.463. The van der Waals surface area contributed by atoms with Crippen molar-refractivity contribution in [2.45, 2.75) is 25.4 Å². The van der Waals surface area contributed by atoms with Gasteiger partial charge in [0.05, 0.1) is 6.42 Å². The predicted molar refractivity (Wildman–Crippen MR) is 79.8 cm³/mol. The summed E-state index contributed by atoms with van der Waals surface area (Å²) >= 11 is 0. The van der Waals surface area contributed by atoms with E-state index in [0.717, 1.165) is 25.2 Å². The van der Waals surface area contributed by atoms with Crippen molar-refractivity contribution in [3.05, 3.63) is 35.4 Å². The number of hydrazine groups is 1. The first-order valence-electron chi connectivity index (χ1n) is 7.04. The largest absolute Gasteiger partial charge is 0.305 e. The molecule has 1 atom stereocenters. The Hall–Kier alpha value is -1.43. The first-order valence-corrected chi connectivity index (χ1v) is 7.04. The maximum Gasteiger partial charge on any atom is 0.238 e. The van der Waals surface area contributed by atoms with Crippen LogP contribution in [0, 0.1) is 0 Å². The number of likely N-dealkylation sites (tertiary alicyclic amines) is 1. The number of carbonyl (C=O) groups excluding carboxylic acids is 1. The van der Waals surface area contributed by atoms with Crippen LogP contribution in [-0.2, 0) is 17.8 Å². The van der Waals surface area contributed by atoms with Crippen LogP contribution >= 0.6 is 0 Å². The summed E-state index contributed by atoms with van der Waals surface area (Å²) in [5.41, 5.74) is 4.43. The second-order valence-corrected chi connectivity index (χ2v) is 5.70. The molecule has 1 fully saturated rings. The smallest absolute Gasteiger partial charge is 0.238 e. The summed E-state index contributed by atoms with van der Waals surface area (Å²) in [5, 5.41) is 0. The second-order valence-electron chi connectivity index (χ2n) is 5.70. The van der Waals surface area contributed by atoms with Crippen molar-refractivity contribution in [2.75, 3.05) is 27.2 Å². The number of hydrogen-bond donors (Lipinski definition) is 2. The van der Waals surface area contributed by atoms with Gasteiger partial charge in [-0.05, 0) is 31.6 Å². The van der Waals surface area contributed by atoms with E-state index in [1.807, 2.05) is 12.1 Å². The molecule has 3 N–H and O–H groups in total. The van der Waals surface area contributed by atoms with E-state index in [9.17, 15) is 4.79 Å². The molecule has 1 aliphatic heterocycles. The van der Waals surface area contributed by atoms with E-state index in [-0.39, 0.29) is 5.91 Å². The van der Waals surface area contributed by atoms with Gasteiger partial charge < -0.3 is 4.90 Å². The number of likely N-dealkylation sites (N-methyl/N-ethyl adjacent to an activating group) is 1. The number of nitrogens with one attached hydrogen (secondary N) is 1. The van der Waals surface area contributed by atoms with Gasteiger partial charge in [-0.15, -0.1) is 0 Å². The highest BCUT2D eigenvalue weighted by Gasteiger charge is 2.23. The lowest BCUT2D eigenvalue weighted by molar-refractivity contribution is -0.120. The van der Waals surface area contributed by atoms with Crippen LogP contribution < -0.4 is 11.3 Å². The van der Waals surface area contributed by atoms with Gasteiger partial charge in [-0.25, -0.2) is 5.84 Å². The van der Waals surface area contributed by atoms with Crippen molar-refractivity contribution in [3.63, 3.8) is 0 Å². The second kappa shape index (κ2) is 6.83. The third kappa shape index (κ3) is 4.03. The fourth-order valence-electron chi connectivity index (χ4n) is 2.63. The highest BCUT2D eigenvalue weighted by Crippen LogP contribution is 2.16. The van der Waals surface area contributed by atoms with Gasteiger partial charge in [0.15, 0.2) is 0 Å². The topological polar surface area (TPSA) is 61.6 Å². The van der Waals surface area contributed by atoms with E-state index >= 15 is 0 Å². The first-order chi connectivity index (χ1) is 9.58. The van der Waals surface area contributed by atoms with Gasteiger partial charge in [-0.2, -0.15) is 0 Å². The van der Waals surface area contributed by atoms with Gasteiger partial charge in [0, 0.05) is 25.7 Å². The highest BCUT2D eigenvalue weighted by atomic mass is 16.2. The Morgan fingerprint density at radius 2 is 2.00 bits per heavy atom. The standard InChI is InChI=1S/C15H24N4O/c1-18(2)14-7-8-19(11-14)10-13-5-3-12(4-6-13)9-15(20)17-16/h3-6,14H,7-11,16H2,1-2H3,(H,17,20). The zero-order chi connectivity index (χ0) is 14.5.